The lowest BCUT2D eigenvalue weighted by Gasteiger charge is -2.13. The van der Waals surface area contributed by atoms with Crippen LogP contribution in [0.4, 0.5) is 18.9 Å². The summed E-state index contributed by atoms with van der Waals surface area (Å²) < 4.78 is 48.2. The largest absolute Gasteiger partial charge is 0.487 e. The maximum atomic E-state index is 13.4. The van der Waals surface area contributed by atoms with E-state index in [1.807, 2.05) is 0 Å². The van der Waals surface area contributed by atoms with Gasteiger partial charge in [0.1, 0.15) is 12.4 Å². The van der Waals surface area contributed by atoms with Gasteiger partial charge in [0.05, 0.1) is 36.5 Å². The van der Waals surface area contributed by atoms with Crippen LogP contribution in [-0.4, -0.2) is 20.8 Å². The van der Waals surface area contributed by atoms with Crippen molar-refractivity contribution in [3.8, 4) is 17.1 Å². The summed E-state index contributed by atoms with van der Waals surface area (Å²) in [6, 6.07) is 20.4. The summed E-state index contributed by atoms with van der Waals surface area (Å²) in [4.78, 5) is 28.2. The lowest BCUT2D eigenvalue weighted by molar-refractivity contribution is -0.384. The highest BCUT2D eigenvalue weighted by molar-refractivity contribution is 9.11. The van der Waals surface area contributed by atoms with E-state index in [2.05, 4.69) is 41.9 Å². The lowest BCUT2D eigenvalue weighted by atomic mass is 10.1. The molecule has 0 aliphatic heterocycles. The highest BCUT2D eigenvalue weighted by Gasteiger charge is 2.31. The molecule has 0 saturated heterocycles. The number of hydrogen-bond acceptors (Lipinski definition) is 6. The summed E-state index contributed by atoms with van der Waals surface area (Å²) in [7, 11) is 0. The molecule has 0 radical (unpaired) electrons. The van der Waals surface area contributed by atoms with Crippen molar-refractivity contribution >= 4 is 54.7 Å². The number of para-hydroxylation sites is 1. The molecule has 0 aliphatic carbocycles. The third kappa shape index (κ3) is 6.26. The van der Waals surface area contributed by atoms with Crippen molar-refractivity contribution in [1.82, 2.24) is 9.66 Å². The second-order valence-corrected chi connectivity index (χ2v) is 10.6. The van der Waals surface area contributed by atoms with Crippen LogP contribution in [-0.2, 0) is 12.8 Å². The van der Waals surface area contributed by atoms with Crippen LogP contribution in [0, 0.1) is 10.1 Å². The number of ether oxygens (including phenoxy) is 1. The van der Waals surface area contributed by atoms with Crippen LogP contribution in [0.2, 0.25) is 0 Å². The van der Waals surface area contributed by atoms with Gasteiger partial charge in [-0.3, -0.25) is 14.9 Å². The van der Waals surface area contributed by atoms with Crippen molar-refractivity contribution in [1.29, 1.82) is 0 Å². The van der Waals surface area contributed by atoms with Crippen molar-refractivity contribution in [2.75, 3.05) is 0 Å². The van der Waals surface area contributed by atoms with E-state index < -0.39 is 22.2 Å². The van der Waals surface area contributed by atoms with Gasteiger partial charge < -0.3 is 4.74 Å². The van der Waals surface area contributed by atoms with Crippen LogP contribution in [0.3, 0.4) is 0 Å². The first-order chi connectivity index (χ1) is 20.0. The molecule has 212 valence electrons. The van der Waals surface area contributed by atoms with Crippen LogP contribution < -0.4 is 10.3 Å². The summed E-state index contributed by atoms with van der Waals surface area (Å²) in [5.41, 5.74) is 0.188. The molecule has 0 bridgehead atoms. The maximum absolute atomic E-state index is 13.4. The lowest BCUT2D eigenvalue weighted by Crippen LogP contribution is -2.20. The molecule has 1 heterocycles. The molecule has 4 aromatic carbocycles. The highest BCUT2D eigenvalue weighted by atomic mass is 79.9. The predicted molar refractivity (Wildman–Crippen MR) is 159 cm³/mol. The Hall–Kier alpha value is -4.36. The molecule has 8 nitrogen and oxygen atoms in total. The van der Waals surface area contributed by atoms with Gasteiger partial charge in [0.15, 0.2) is 5.82 Å². The molecule has 0 N–H and O–H groups in total. The van der Waals surface area contributed by atoms with Crippen molar-refractivity contribution in [3.63, 3.8) is 0 Å². The molecule has 1 aromatic heterocycles. The van der Waals surface area contributed by atoms with Gasteiger partial charge >= 0.3 is 6.18 Å². The SMILES string of the molecule is O=c1c2ccccc2nc(-c2cccc(C(F)(F)F)c2)n1N=Cc1cc(Br)c(OCc2ccc([N+](=O)[O-])cc2)c(Br)c1. The summed E-state index contributed by atoms with van der Waals surface area (Å²) in [5, 5.41) is 15.4. The molecule has 13 heteroatoms. The van der Waals surface area contributed by atoms with Gasteiger partial charge in [0.25, 0.3) is 11.2 Å². The van der Waals surface area contributed by atoms with Gasteiger partial charge in [-0.25, -0.2) is 4.98 Å². The normalized spacial score (nSPS) is 11.7. The number of nitrogens with zero attached hydrogens (tertiary/aromatic N) is 4. The van der Waals surface area contributed by atoms with E-state index in [1.165, 1.54) is 30.5 Å². The number of halogens is 5. The van der Waals surface area contributed by atoms with Gasteiger partial charge in [-0.1, -0.05) is 24.3 Å². The third-order valence-electron chi connectivity index (χ3n) is 6.08. The summed E-state index contributed by atoms with van der Waals surface area (Å²) in [6.07, 6.45) is -3.20. The number of rotatable bonds is 7. The second-order valence-electron chi connectivity index (χ2n) is 8.92. The topological polar surface area (TPSA) is 99.6 Å². The second kappa shape index (κ2) is 11.9. The fourth-order valence-electron chi connectivity index (χ4n) is 4.04. The summed E-state index contributed by atoms with van der Waals surface area (Å²) in [5.74, 6) is 0.405. The van der Waals surface area contributed by atoms with Crippen molar-refractivity contribution in [2.45, 2.75) is 12.8 Å². The summed E-state index contributed by atoms with van der Waals surface area (Å²) >= 11 is 6.92. The maximum Gasteiger partial charge on any atom is 0.416 e. The van der Waals surface area contributed by atoms with Crippen LogP contribution in [0.5, 0.6) is 5.75 Å². The quantitative estimate of drug-likeness (QED) is 0.0974. The zero-order chi connectivity index (χ0) is 30.0. The Morgan fingerprint density at radius 3 is 2.33 bits per heavy atom. The Morgan fingerprint density at radius 1 is 0.976 bits per heavy atom. The van der Waals surface area contributed by atoms with Crippen LogP contribution in [0.1, 0.15) is 16.7 Å². The minimum absolute atomic E-state index is 0.0262. The zero-order valence-electron chi connectivity index (χ0n) is 21.2. The molecule has 5 aromatic rings. The Balaban J connectivity index is 1.49. The molecule has 0 aliphatic rings. The molecular formula is C29H17Br2F3N4O4. The first-order valence-corrected chi connectivity index (χ1v) is 13.7. The predicted octanol–water partition coefficient (Wildman–Crippen LogP) is 7.98. The van der Waals surface area contributed by atoms with Crippen LogP contribution in [0.25, 0.3) is 22.3 Å². The minimum atomic E-state index is -4.58. The number of nitro benzene ring substituents is 1. The molecule has 0 spiro atoms. The minimum Gasteiger partial charge on any atom is -0.487 e. The van der Waals surface area contributed by atoms with E-state index in [0.29, 0.717) is 25.8 Å². The Labute approximate surface area is 252 Å². The van der Waals surface area contributed by atoms with Crippen molar-refractivity contribution in [3.05, 3.63) is 131 Å². The van der Waals surface area contributed by atoms with E-state index >= 15 is 0 Å². The fourth-order valence-corrected chi connectivity index (χ4v) is 5.49. The first kappa shape index (κ1) is 29.1. The number of non-ortho nitro benzene ring substituents is 1. The molecule has 0 atom stereocenters. The van der Waals surface area contributed by atoms with E-state index in [-0.39, 0.29) is 29.1 Å². The molecule has 0 unspecified atom stereocenters. The van der Waals surface area contributed by atoms with Crippen LogP contribution >= 0.6 is 31.9 Å². The Morgan fingerprint density at radius 2 is 1.67 bits per heavy atom. The number of benzene rings is 4. The molecule has 0 fully saturated rings. The molecule has 5 rings (SSSR count). The molecular weight excluding hydrogens is 685 g/mol. The van der Waals surface area contributed by atoms with Gasteiger partial charge in [0.2, 0.25) is 0 Å². The van der Waals surface area contributed by atoms with Gasteiger partial charge in [-0.2, -0.15) is 22.9 Å². The van der Waals surface area contributed by atoms with Gasteiger partial charge in [0, 0.05) is 17.7 Å². The van der Waals surface area contributed by atoms with Gasteiger partial charge in [-0.05, 0) is 91.5 Å². The molecule has 42 heavy (non-hydrogen) atoms. The highest BCUT2D eigenvalue weighted by Crippen LogP contribution is 2.35. The molecule has 0 saturated carbocycles. The monoisotopic (exact) mass is 700 g/mol. The van der Waals surface area contributed by atoms with Crippen LogP contribution in [0.15, 0.2) is 104 Å². The van der Waals surface area contributed by atoms with Gasteiger partial charge in [-0.15, -0.1) is 0 Å². The van der Waals surface area contributed by atoms with E-state index in [0.717, 1.165) is 22.4 Å². The Kier molecular flexibility index (Phi) is 8.23. The smallest absolute Gasteiger partial charge is 0.416 e. The van der Waals surface area contributed by atoms with E-state index in [9.17, 15) is 28.1 Å². The number of aromatic nitrogens is 2. The third-order valence-corrected chi connectivity index (χ3v) is 7.25. The first-order valence-electron chi connectivity index (χ1n) is 12.1. The Bertz CT molecular complexity index is 1890. The van der Waals surface area contributed by atoms with E-state index in [1.54, 1.807) is 48.5 Å². The average molecular weight is 702 g/mol. The van der Waals surface area contributed by atoms with Crippen molar-refractivity contribution < 1.29 is 22.8 Å². The fraction of sp³-hybridized carbons (Fsp3) is 0.0690. The van der Waals surface area contributed by atoms with E-state index in [4.69, 9.17) is 4.74 Å². The summed E-state index contributed by atoms with van der Waals surface area (Å²) in [6.45, 7) is 0.140. The number of nitro groups is 1. The van der Waals surface area contributed by atoms with Crippen molar-refractivity contribution in [2.24, 2.45) is 5.10 Å². The molecule has 0 amide bonds. The zero-order valence-corrected chi connectivity index (χ0v) is 24.4. The number of fused-ring (bicyclic) bond motifs is 1. The number of alkyl halides is 3. The standard InChI is InChI=1S/C29H17Br2F3N4O4/c30-23-12-18(13-24(31)26(23)42-16-17-8-10-21(11-9-17)38(40)41)15-35-37-27(19-4-3-5-20(14-19)29(32,33)34)36-25-7-2-1-6-22(25)28(37)39/h1-15H,16H2. The number of hydrogen-bond donors (Lipinski definition) is 0. The average Bonchev–Trinajstić information content (AvgIpc) is 2.96.